The van der Waals surface area contributed by atoms with Crippen molar-refractivity contribution in [2.24, 2.45) is 0 Å². The van der Waals surface area contributed by atoms with Crippen LogP contribution in [0.15, 0.2) is 42.5 Å². The van der Waals surface area contributed by atoms with Crippen LogP contribution in [0.25, 0.3) is 0 Å². The monoisotopic (exact) mass is 290 g/mol. The molecule has 0 heterocycles. The second-order valence-corrected chi connectivity index (χ2v) is 4.75. The summed E-state index contributed by atoms with van der Waals surface area (Å²) in [6.07, 6.45) is 0.826. The molecule has 0 aromatic heterocycles. The molecular weight excluding hydrogens is 274 g/mol. The van der Waals surface area contributed by atoms with Crippen molar-refractivity contribution in [3.8, 4) is 5.75 Å². The van der Waals surface area contributed by atoms with Crippen molar-refractivity contribution in [2.45, 2.75) is 19.8 Å². The third kappa shape index (κ3) is 4.38. The van der Waals surface area contributed by atoms with E-state index in [2.05, 4.69) is 0 Å². The molecule has 0 spiro atoms. The molecule has 2 rings (SSSR count). The van der Waals surface area contributed by atoms with Crippen LogP contribution in [0.1, 0.15) is 29.3 Å². The molecule has 0 saturated heterocycles. The zero-order valence-electron chi connectivity index (χ0n) is 11.7. The lowest BCUT2D eigenvalue weighted by atomic mass is 10.0. The SMILES string of the molecule is CCCOc1cccc(C(=O)Cc2cc(F)cc(F)c2)c1. The second-order valence-electron chi connectivity index (χ2n) is 4.75. The molecular formula is C17H16F2O2. The van der Waals surface area contributed by atoms with Gasteiger partial charge in [0.2, 0.25) is 0 Å². The van der Waals surface area contributed by atoms with Gasteiger partial charge >= 0.3 is 0 Å². The minimum absolute atomic E-state index is 0.0497. The molecule has 0 bridgehead atoms. The third-order valence-corrected chi connectivity index (χ3v) is 2.92. The number of ketones is 1. The Labute approximate surface area is 122 Å². The number of halogens is 2. The highest BCUT2D eigenvalue weighted by atomic mass is 19.1. The van der Waals surface area contributed by atoms with Crippen molar-refractivity contribution in [3.63, 3.8) is 0 Å². The van der Waals surface area contributed by atoms with E-state index in [1.807, 2.05) is 6.92 Å². The van der Waals surface area contributed by atoms with Gasteiger partial charge in [-0.1, -0.05) is 19.1 Å². The van der Waals surface area contributed by atoms with Gasteiger partial charge in [0, 0.05) is 18.1 Å². The van der Waals surface area contributed by atoms with E-state index in [0.29, 0.717) is 23.5 Å². The van der Waals surface area contributed by atoms with Crippen molar-refractivity contribution in [1.82, 2.24) is 0 Å². The Morgan fingerprint density at radius 1 is 1.10 bits per heavy atom. The Bertz CT molecular complexity index is 618. The van der Waals surface area contributed by atoms with Gasteiger partial charge in [-0.2, -0.15) is 0 Å². The minimum Gasteiger partial charge on any atom is -0.494 e. The molecule has 0 atom stereocenters. The van der Waals surface area contributed by atoms with E-state index >= 15 is 0 Å². The molecule has 0 unspecified atom stereocenters. The maximum absolute atomic E-state index is 13.1. The Hall–Kier alpha value is -2.23. The lowest BCUT2D eigenvalue weighted by molar-refractivity contribution is 0.0992. The lowest BCUT2D eigenvalue weighted by Crippen LogP contribution is -2.05. The second kappa shape index (κ2) is 6.97. The predicted molar refractivity (Wildman–Crippen MR) is 76.6 cm³/mol. The summed E-state index contributed by atoms with van der Waals surface area (Å²) in [5, 5.41) is 0. The number of Topliss-reactive ketones (excluding diaryl/α,β-unsaturated/α-hetero) is 1. The van der Waals surface area contributed by atoms with E-state index in [1.54, 1.807) is 24.3 Å². The summed E-state index contributed by atoms with van der Waals surface area (Å²) in [5.41, 5.74) is 0.783. The number of carbonyl (C=O) groups is 1. The molecule has 110 valence electrons. The van der Waals surface area contributed by atoms with Gasteiger partial charge in [-0.25, -0.2) is 8.78 Å². The molecule has 2 aromatic carbocycles. The van der Waals surface area contributed by atoms with Crippen molar-refractivity contribution < 1.29 is 18.3 Å². The fraction of sp³-hybridized carbons (Fsp3) is 0.235. The maximum Gasteiger partial charge on any atom is 0.167 e. The summed E-state index contributed by atoms with van der Waals surface area (Å²) >= 11 is 0. The molecule has 0 aliphatic rings. The molecule has 2 nitrogen and oxygen atoms in total. The summed E-state index contributed by atoms with van der Waals surface area (Å²) in [7, 11) is 0. The first-order valence-corrected chi connectivity index (χ1v) is 6.79. The van der Waals surface area contributed by atoms with E-state index in [4.69, 9.17) is 4.74 Å². The normalized spacial score (nSPS) is 10.4. The molecule has 0 N–H and O–H groups in total. The van der Waals surface area contributed by atoms with Crippen molar-refractivity contribution in [2.75, 3.05) is 6.61 Å². The number of ether oxygens (including phenoxy) is 1. The van der Waals surface area contributed by atoms with Crippen molar-refractivity contribution in [3.05, 3.63) is 65.2 Å². The Kier molecular flexibility index (Phi) is 5.04. The topological polar surface area (TPSA) is 26.3 Å². The maximum atomic E-state index is 13.1. The average molecular weight is 290 g/mol. The van der Waals surface area contributed by atoms with Crippen LogP contribution < -0.4 is 4.74 Å². The standard InChI is InChI=1S/C17H16F2O2/c1-2-6-21-16-5-3-4-13(10-16)17(20)9-12-7-14(18)11-15(19)8-12/h3-5,7-8,10-11H,2,6,9H2,1H3. The van der Waals surface area contributed by atoms with Crippen LogP contribution >= 0.6 is 0 Å². The number of carbonyl (C=O) groups excluding carboxylic acids is 1. The van der Waals surface area contributed by atoms with Crippen LogP contribution in [0.5, 0.6) is 5.75 Å². The van der Waals surface area contributed by atoms with E-state index in [-0.39, 0.29) is 12.2 Å². The fourth-order valence-electron chi connectivity index (χ4n) is 1.98. The fourth-order valence-corrected chi connectivity index (χ4v) is 1.98. The van der Waals surface area contributed by atoms with Gasteiger partial charge < -0.3 is 4.74 Å². The van der Waals surface area contributed by atoms with Crippen LogP contribution in [0, 0.1) is 11.6 Å². The van der Waals surface area contributed by atoms with Gasteiger partial charge in [0.15, 0.2) is 5.78 Å². The first-order valence-electron chi connectivity index (χ1n) is 6.79. The highest BCUT2D eigenvalue weighted by Crippen LogP contribution is 2.16. The minimum atomic E-state index is -0.683. The first-order chi connectivity index (χ1) is 10.1. The quantitative estimate of drug-likeness (QED) is 0.746. The summed E-state index contributed by atoms with van der Waals surface area (Å²) in [6, 6.07) is 9.92. The van der Waals surface area contributed by atoms with Crippen LogP contribution in [-0.2, 0) is 6.42 Å². The average Bonchev–Trinajstić information content (AvgIpc) is 2.44. The third-order valence-electron chi connectivity index (χ3n) is 2.92. The Morgan fingerprint density at radius 2 is 1.81 bits per heavy atom. The van der Waals surface area contributed by atoms with Gasteiger partial charge in [-0.3, -0.25) is 4.79 Å². The molecule has 0 aliphatic carbocycles. The van der Waals surface area contributed by atoms with Crippen LogP contribution in [-0.4, -0.2) is 12.4 Å². The molecule has 0 amide bonds. The molecule has 4 heteroatoms. The van der Waals surface area contributed by atoms with Crippen molar-refractivity contribution >= 4 is 5.78 Å². The summed E-state index contributed by atoms with van der Waals surface area (Å²) in [6.45, 7) is 2.57. The molecule has 0 radical (unpaired) electrons. The van der Waals surface area contributed by atoms with E-state index in [1.165, 1.54) is 12.1 Å². The Morgan fingerprint density at radius 3 is 2.48 bits per heavy atom. The summed E-state index contributed by atoms with van der Waals surface area (Å²) in [5.74, 6) is -0.953. The van der Waals surface area contributed by atoms with Crippen LogP contribution in [0.3, 0.4) is 0 Å². The van der Waals surface area contributed by atoms with E-state index in [0.717, 1.165) is 12.5 Å². The molecule has 0 saturated carbocycles. The lowest BCUT2D eigenvalue weighted by Gasteiger charge is -2.07. The predicted octanol–water partition coefficient (Wildman–Crippen LogP) is 4.18. The van der Waals surface area contributed by atoms with Gasteiger partial charge in [-0.15, -0.1) is 0 Å². The molecule has 21 heavy (non-hydrogen) atoms. The zero-order valence-corrected chi connectivity index (χ0v) is 11.7. The van der Waals surface area contributed by atoms with Gasteiger partial charge in [0.05, 0.1) is 6.61 Å². The smallest absolute Gasteiger partial charge is 0.167 e. The van der Waals surface area contributed by atoms with Crippen LogP contribution in [0.4, 0.5) is 8.78 Å². The highest BCUT2D eigenvalue weighted by Gasteiger charge is 2.10. The van der Waals surface area contributed by atoms with Gasteiger partial charge in [-0.05, 0) is 36.2 Å². The Balaban J connectivity index is 2.12. The number of hydrogen-bond donors (Lipinski definition) is 0. The van der Waals surface area contributed by atoms with Crippen LogP contribution in [0.2, 0.25) is 0 Å². The first kappa shape index (κ1) is 15.2. The summed E-state index contributed by atoms with van der Waals surface area (Å²) in [4.78, 5) is 12.2. The number of rotatable bonds is 6. The van der Waals surface area contributed by atoms with Crippen molar-refractivity contribution in [1.29, 1.82) is 0 Å². The largest absolute Gasteiger partial charge is 0.494 e. The molecule has 2 aromatic rings. The molecule has 0 aliphatic heterocycles. The zero-order chi connectivity index (χ0) is 15.2. The number of hydrogen-bond acceptors (Lipinski definition) is 2. The van der Waals surface area contributed by atoms with Gasteiger partial charge in [0.1, 0.15) is 17.4 Å². The van der Waals surface area contributed by atoms with E-state index < -0.39 is 11.6 Å². The van der Waals surface area contributed by atoms with E-state index in [9.17, 15) is 13.6 Å². The highest BCUT2D eigenvalue weighted by molar-refractivity contribution is 5.97. The molecule has 0 fully saturated rings. The number of benzene rings is 2. The summed E-state index contributed by atoms with van der Waals surface area (Å²) < 4.78 is 31.7. The van der Waals surface area contributed by atoms with Gasteiger partial charge in [0.25, 0.3) is 0 Å².